The molecule has 1 aliphatic heterocycles. The highest BCUT2D eigenvalue weighted by Crippen LogP contribution is 2.35. The average Bonchev–Trinajstić information content (AvgIpc) is 3.40. The standard InChI is InChI=1S/C21H26N6O2S/c1-25(2)21(29)20-17(16-8-3-4-9-18(16)30-20)13-15-7-5-6-11-27(15)19(28)10-12-26-14-22-23-24-26/h3-4,8-9,14-15H,5-7,10-13H2,1-2H3/t15-/m0/s1. The van der Waals surface area contributed by atoms with Gasteiger partial charge in [0.25, 0.3) is 5.91 Å². The molecule has 0 N–H and O–H groups in total. The maximum Gasteiger partial charge on any atom is 0.263 e. The SMILES string of the molecule is CN(C)C(=O)c1sc2ccccc2c1C[C@@H]1CCCCN1C(=O)CCn1cnnn1. The molecule has 4 rings (SSSR count). The molecule has 0 radical (unpaired) electrons. The number of carbonyl (C=O) groups is 2. The molecule has 0 bridgehead atoms. The number of nitrogens with zero attached hydrogens (tertiary/aromatic N) is 6. The van der Waals surface area contributed by atoms with Crippen LogP contribution in [0.2, 0.25) is 0 Å². The van der Waals surface area contributed by atoms with Gasteiger partial charge in [0.1, 0.15) is 6.33 Å². The summed E-state index contributed by atoms with van der Waals surface area (Å²) in [7, 11) is 3.57. The lowest BCUT2D eigenvalue weighted by molar-refractivity contribution is -0.135. The maximum absolute atomic E-state index is 13.0. The molecule has 3 aromatic rings. The van der Waals surface area contributed by atoms with Gasteiger partial charge in [-0.1, -0.05) is 18.2 Å². The van der Waals surface area contributed by atoms with Crippen molar-refractivity contribution in [1.29, 1.82) is 0 Å². The minimum atomic E-state index is 0.0265. The molecule has 0 spiro atoms. The van der Waals surface area contributed by atoms with Crippen LogP contribution in [0.25, 0.3) is 10.1 Å². The van der Waals surface area contributed by atoms with Crippen molar-refractivity contribution in [2.75, 3.05) is 20.6 Å². The Hall–Kier alpha value is -2.81. The van der Waals surface area contributed by atoms with E-state index in [1.807, 2.05) is 17.0 Å². The Morgan fingerprint density at radius 2 is 2.07 bits per heavy atom. The lowest BCUT2D eigenvalue weighted by atomic mass is 9.93. The van der Waals surface area contributed by atoms with Gasteiger partial charge < -0.3 is 9.80 Å². The second-order valence-electron chi connectivity index (χ2n) is 7.87. The van der Waals surface area contributed by atoms with E-state index in [0.717, 1.165) is 46.3 Å². The third kappa shape index (κ3) is 4.21. The largest absolute Gasteiger partial charge is 0.344 e. The Morgan fingerprint density at radius 3 is 2.83 bits per heavy atom. The Labute approximate surface area is 179 Å². The molecule has 2 aromatic heterocycles. The number of fused-ring (bicyclic) bond motifs is 1. The molecule has 1 fully saturated rings. The summed E-state index contributed by atoms with van der Waals surface area (Å²) in [6, 6.07) is 8.26. The summed E-state index contributed by atoms with van der Waals surface area (Å²) < 4.78 is 2.70. The fraction of sp³-hybridized carbons (Fsp3) is 0.476. The molecule has 1 saturated heterocycles. The summed E-state index contributed by atoms with van der Waals surface area (Å²) in [4.78, 5) is 30.3. The predicted octanol–water partition coefficient (Wildman–Crippen LogP) is 2.60. The molecule has 8 nitrogen and oxygen atoms in total. The highest BCUT2D eigenvalue weighted by Gasteiger charge is 2.30. The van der Waals surface area contributed by atoms with E-state index in [1.54, 1.807) is 35.0 Å². The molecule has 3 heterocycles. The fourth-order valence-electron chi connectivity index (χ4n) is 4.09. The first-order valence-electron chi connectivity index (χ1n) is 10.3. The van der Waals surface area contributed by atoms with Gasteiger partial charge in [0, 0.05) is 37.8 Å². The van der Waals surface area contributed by atoms with Crippen LogP contribution in [0.4, 0.5) is 0 Å². The molecule has 0 unspecified atom stereocenters. The quantitative estimate of drug-likeness (QED) is 0.605. The van der Waals surface area contributed by atoms with E-state index in [4.69, 9.17) is 0 Å². The van der Waals surface area contributed by atoms with E-state index in [0.29, 0.717) is 19.4 Å². The fourth-order valence-corrected chi connectivity index (χ4v) is 5.34. The van der Waals surface area contributed by atoms with Crippen LogP contribution in [0.3, 0.4) is 0 Å². The van der Waals surface area contributed by atoms with Crippen molar-refractivity contribution >= 4 is 33.2 Å². The Morgan fingerprint density at radius 1 is 1.23 bits per heavy atom. The lowest BCUT2D eigenvalue weighted by Gasteiger charge is -2.36. The van der Waals surface area contributed by atoms with Gasteiger partial charge in [0.15, 0.2) is 0 Å². The second-order valence-corrected chi connectivity index (χ2v) is 8.92. The highest BCUT2D eigenvalue weighted by atomic mass is 32.1. The molecule has 1 atom stereocenters. The summed E-state index contributed by atoms with van der Waals surface area (Å²) in [6.07, 6.45) is 5.67. The van der Waals surface area contributed by atoms with Crippen LogP contribution in [0, 0.1) is 0 Å². The van der Waals surface area contributed by atoms with E-state index in [-0.39, 0.29) is 17.9 Å². The lowest BCUT2D eigenvalue weighted by Crippen LogP contribution is -2.45. The van der Waals surface area contributed by atoms with Crippen LogP contribution in [-0.4, -0.2) is 68.5 Å². The average molecular weight is 427 g/mol. The van der Waals surface area contributed by atoms with E-state index in [2.05, 4.69) is 27.7 Å². The van der Waals surface area contributed by atoms with Crippen LogP contribution in [0.1, 0.15) is 40.9 Å². The van der Waals surface area contributed by atoms with Gasteiger partial charge in [-0.3, -0.25) is 9.59 Å². The Bertz CT molecular complexity index is 1030. The van der Waals surface area contributed by atoms with Crippen LogP contribution in [0.5, 0.6) is 0 Å². The van der Waals surface area contributed by atoms with Gasteiger partial charge in [-0.25, -0.2) is 4.68 Å². The number of rotatable bonds is 6. The van der Waals surface area contributed by atoms with Crippen molar-refractivity contribution in [2.24, 2.45) is 0 Å². The number of aryl methyl sites for hydroxylation is 1. The monoisotopic (exact) mass is 426 g/mol. The van der Waals surface area contributed by atoms with Gasteiger partial charge in [-0.2, -0.15) is 0 Å². The number of carbonyl (C=O) groups excluding carboxylic acids is 2. The van der Waals surface area contributed by atoms with Crippen molar-refractivity contribution in [3.63, 3.8) is 0 Å². The number of aromatic nitrogens is 4. The van der Waals surface area contributed by atoms with Crippen molar-refractivity contribution in [3.8, 4) is 0 Å². The Balaban J connectivity index is 1.58. The zero-order chi connectivity index (χ0) is 21.1. The van der Waals surface area contributed by atoms with Gasteiger partial charge in [-0.15, -0.1) is 16.4 Å². The van der Waals surface area contributed by atoms with Crippen LogP contribution in [-0.2, 0) is 17.8 Å². The van der Waals surface area contributed by atoms with Gasteiger partial charge >= 0.3 is 0 Å². The van der Waals surface area contributed by atoms with Crippen LogP contribution in [0.15, 0.2) is 30.6 Å². The van der Waals surface area contributed by atoms with Crippen molar-refractivity contribution in [2.45, 2.75) is 44.7 Å². The highest BCUT2D eigenvalue weighted by molar-refractivity contribution is 7.21. The number of thiophene rings is 1. The van der Waals surface area contributed by atoms with E-state index >= 15 is 0 Å². The summed E-state index contributed by atoms with van der Waals surface area (Å²) in [6.45, 7) is 1.24. The third-order valence-corrected chi connectivity index (χ3v) is 6.83. The predicted molar refractivity (Wildman–Crippen MR) is 115 cm³/mol. The summed E-state index contributed by atoms with van der Waals surface area (Å²) in [5, 5.41) is 12.2. The molecule has 30 heavy (non-hydrogen) atoms. The van der Waals surface area contributed by atoms with Gasteiger partial charge in [0.2, 0.25) is 5.91 Å². The van der Waals surface area contributed by atoms with Gasteiger partial charge in [0.05, 0.1) is 11.4 Å². The number of amides is 2. The van der Waals surface area contributed by atoms with Crippen LogP contribution < -0.4 is 0 Å². The van der Waals surface area contributed by atoms with E-state index in [9.17, 15) is 9.59 Å². The van der Waals surface area contributed by atoms with Crippen molar-refractivity contribution in [1.82, 2.24) is 30.0 Å². The molecular formula is C21H26N6O2S. The molecule has 158 valence electrons. The topological polar surface area (TPSA) is 84.2 Å². The molecule has 2 amide bonds. The maximum atomic E-state index is 13.0. The van der Waals surface area contributed by atoms with Crippen LogP contribution >= 0.6 is 11.3 Å². The zero-order valence-corrected chi connectivity index (χ0v) is 18.1. The summed E-state index contributed by atoms with van der Waals surface area (Å²) in [5.74, 6) is 0.147. The molecule has 0 aliphatic carbocycles. The number of likely N-dealkylation sites (tertiary alicyclic amines) is 1. The number of hydrogen-bond donors (Lipinski definition) is 0. The third-order valence-electron chi connectivity index (χ3n) is 5.63. The number of piperidine rings is 1. The summed E-state index contributed by atoms with van der Waals surface area (Å²) in [5.41, 5.74) is 1.07. The first kappa shape index (κ1) is 20.5. The van der Waals surface area contributed by atoms with E-state index < -0.39 is 0 Å². The minimum Gasteiger partial charge on any atom is -0.344 e. The number of benzene rings is 1. The van der Waals surface area contributed by atoms with Crippen molar-refractivity contribution < 1.29 is 9.59 Å². The van der Waals surface area contributed by atoms with Crippen molar-refractivity contribution in [3.05, 3.63) is 41.0 Å². The Kier molecular flexibility index (Phi) is 6.08. The van der Waals surface area contributed by atoms with Gasteiger partial charge in [-0.05, 0) is 53.1 Å². The zero-order valence-electron chi connectivity index (χ0n) is 17.3. The molecule has 0 saturated carbocycles. The van der Waals surface area contributed by atoms with E-state index in [1.165, 1.54) is 6.33 Å². The molecule has 1 aliphatic rings. The first-order valence-corrected chi connectivity index (χ1v) is 11.1. The first-order chi connectivity index (χ1) is 14.5. The summed E-state index contributed by atoms with van der Waals surface area (Å²) >= 11 is 1.55. The number of tetrazole rings is 1. The number of hydrogen-bond acceptors (Lipinski definition) is 6. The molecule has 9 heteroatoms. The normalized spacial score (nSPS) is 16.7. The minimum absolute atomic E-state index is 0.0265. The molecular weight excluding hydrogens is 400 g/mol. The smallest absolute Gasteiger partial charge is 0.263 e. The molecule has 1 aromatic carbocycles. The second kappa shape index (κ2) is 8.91.